The van der Waals surface area contributed by atoms with Crippen LogP contribution < -0.4 is 5.43 Å². The number of halogens is 4. The fourth-order valence-corrected chi connectivity index (χ4v) is 5.69. The average Bonchev–Trinajstić information content (AvgIpc) is 2.49. The third-order valence-corrected chi connectivity index (χ3v) is 6.74. The third kappa shape index (κ3) is 2.51. The summed E-state index contributed by atoms with van der Waals surface area (Å²) in [7, 11) is 0. The highest BCUT2D eigenvalue weighted by Crippen LogP contribution is 2.41. The number of phenolic OH excluding ortho intramolecular Hbond substituents is 1. The number of aromatic hydroxyl groups is 1. The molecule has 0 aromatic heterocycles. The summed E-state index contributed by atoms with van der Waals surface area (Å²) in [5, 5.41) is 20.3. The molecule has 22 heavy (non-hydrogen) atoms. The maximum absolute atomic E-state index is 12.1. The molecule has 0 amide bonds. The zero-order chi connectivity index (χ0) is 16.2. The molecule has 0 bridgehead atoms. The van der Waals surface area contributed by atoms with Crippen molar-refractivity contribution in [1.82, 2.24) is 0 Å². The van der Waals surface area contributed by atoms with Gasteiger partial charge in [0.05, 0.1) is 16.3 Å². The van der Waals surface area contributed by atoms with Crippen LogP contribution >= 0.6 is 90.4 Å². The minimum atomic E-state index is -0.120. The lowest BCUT2D eigenvalue weighted by atomic mass is 10.0. The number of hydrogen-bond donors (Lipinski definition) is 1. The summed E-state index contributed by atoms with van der Waals surface area (Å²) in [5.74, 6) is 0.497. The molecule has 0 atom stereocenters. The Morgan fingerprint density at radius 1 is 1.09 bits per heavy atom. The van der Waals surface area contributed by atoms with Gasteiger partial charge in [-0.15, -0.1) is 0 Å². The standard InChI is InChI=1S/C14H3I4NO3/c15-7-1-4-6(3-19)5-2-8(16)12(21)10(18)14(5)22-13(4)9(17)11(7)20/h1-2,20H. The highest BCUT2D eigenvalue weighted by Gasteiger charge is 2.24. The first kappa shape index (κ1) is 17.0. The van der Waals surface area contributed by atoms with E-state index in [1.54, 1.807) is 12.1 Å². The quantitative estimate of drug-likeness (QED) is 0.263. The van der Waals surface area contributed by atoms with E-state index in [-0.39, 0.29) is 11.2 Å². The molecule has 1 aromatic rings. The van der Waals surface area contributed by atoms with Crippen molar-refractivity contribution >= 4 is 101 Å². The first-order chi connectivity index (χ1) is 10.4. The van der Waals surface area contributed by atoms with Crippen LogP contribution in [0.5, 0.6) is 5.75 Å². The molecule has 1 aliphatic carbocycles. The monoisotopic (exact) mass is 741 g/mol. The first-order valence-electron chi connectivity index (χ1n) is 5.72. The highest BCUT2D eigenvalue weighted by atomic mass is 127. The number of nitrogens with zero attached hydrogens (tertiary/aromatic N) is 1. The molecule has 1 aliphatic heterocycles. The molecule has 1 N–H and O–H groups in total. The summed E-state index contributed by atoms with van der Waals surface area (Å²) in [6.07, 6.45) is 0. The van der Waals surface area contributed by atoms with Crippen LogP contribution in [0.3, 0.4) is 0 Å². The molecule has 4 nitrogen and oxygen atoms in total. The van der Waals surface area contributed by atoms with Crippen molar-refractivity contribution in [1.29, 1.82) is 5.26 Å². The number of hydrogen-bond acceptors (Lipinski definition) is 4. The molecule has 110 valence electrons. The highest BCUT2D eigenvalue weighted by molar-refractivity contribution is 14.1. The second-order valence-corrected chi connectivity index (χ2v) is 8.85. The second kappa shape index (κ2) is 6.20. The van der Waals surface area contributed by atoms with Gasteiger partial charge in [0, 0.05) is 10.9 Å². The van der Waals surface area contributed by atoms with Gasteiger partial charge in [0.25, 0.3) is 0 Å². The topological polar surface area (TPSA) is 74.2 Å². The van der Waals surface area contributed by atoms with E-state index in [0.29, 0.717) is 42.1 Å². The summed E-state index contributed by atoms with van der Waals surface area (Å²) in [5.41, 5.74) is 1.36. The Morgan fingerprint density at radius 2 is 1.77 bits per heavy atom. The SMILES string of the molecule is N#Cc1c2cc(I)c(=O)c(I)c-2oc2c(I)c(O)c(I)cc12. The normalized spacial score (nSPS) is 11.0. The Morgan fingerprint density at radius 3 is 2.41 bits per heavy atom. The third-order valence-electron chi connectivity index (χ3n) is 3.14. The van der Waals surface area contributed by atoms with E-state index < -0.39 is 0 Å². The van der Waals surface area contributed by atoms with E-state index >= 15 is 0 Å². The van der Waals surface area contributed by atoms with E-state index in [1.165, 1.54) is 0 Å². The molecular formula is C14H3I4NO3. The van der Waals surface area contributed by atoms with Crippen molar-refractivity contribution in [2.24, 2.45) is 0 Å². The predicted octanol–water partition coefficient (Wildman–Crippen LogP) is 4.89. The number of benzene rings is 2. The Bertz CT molecular complexity index is 1020. The molecule has 0 spiro atoms. The summed E-state index contributed by atoms with van der Waals surface area (Å²) in [4.78, 5) is 12.1. The van der Waals surface area contributed by atoms with Crippen molar-refractivity contribution < 1.29 is 9.52 Å². The summed E-state index contributed by atoms with van der Waals surface area (Å²) in [6, 6.07) is 5.60. The van der Waals surface area contributed by atoms with Crippen LogP contribution in [0.4, 0.5) is 0 Å². The van der Waals surface area contributed by atoms with Crippen LogP contribution in [0.2, 0.25) is 0 Å². The Balaban J connectivity index is 2.68. The van der Waals surface area contributed by atoms with Crippen LogP contribution in [0.15, 0.2) is 21.3 Å². The van der Waals surface area contributed by atoms with Gasteiger partial charge in [0.15, 0.2) is 11.3 Å². The van der Waals surface area contributed by atoms with E-state index in [1.807, 2.05) is 90.4 Å². The second-order valence-electron chi connectivity index (χ2n) is 4.36. The lowest BCUT2D eigenvalue weighted by Gasteiger charge is -2.14. The zero-order valence-corrected chi connectivity index (χ0v) is 19.0. The molecule has 3 rings (SSSR count). The number of phenols is 1. The Labute approximate surface area is 179 Å². The van der Waals surface area contributed by atoms with Gasteiger partial charge in [-0.25, -0.2) is 0 Å². The molecule has 0 unspecified atom stereocenters. The molecule has 0 saturated heterocycles. The fourth-order valence-electron chi connectivity index (χ4n) is 2.11. The maximum atomic E-state index is 12.1. The van der Waals surface area contributed by atoms with Gasteiger partial charge in [0.2, 0.25) is 5.43 Å². The first-order valence-corrected chi connectivity index (χ1v) is 10.0. The van der Waals surface area contributed by atoms with E-state index in [0.717, 1.165) is 0 Å². The van der Waals surface area contributed by atoms with Crippen molar-refractivity contribution in [2.75, 3.05) is 0 Å². The summed E-state index contributed by atoms with van der Waals surface area (Å²) >= 11 is 7.89. The van der Waals surface area contributed by atoms with Crippen LogP contribution in [0, 0.1) is 25.6 Å². The molecule has 0 saturated carbocycles. The summed E-state index contributed by atoms with van der Waals surface area (Å²) < 4.78 is 8.04. The van der Waals surface area contributed by atoms with E-state index in [2.05, 4.69) is 6.07 Å². The molecule has 8 heteroatoms. The smallest absolute Gasteiger partial charge is 0.209 e. The molecule has 1 aromatic carbocycles. The van der Waals surface area contributed by atoms with Crippen LogP contribution in [0.1, 0.15) is 5.56 Å². The summed E-state index contributed by atoms with van der Waals surface area (Å²) in [6.45, 7) is 0. The molecular weight excluding hydrogens is 738 g/mol. The van der Waals surface area contributed by atoms with Gasteiger partial charge in [-0.1, -0.05) is 0 Å². The number of fused-ring (bicyclic) bond motifs is 2. The van der Waals surface area contributed by atoms with Crippen molar-refractivity contribution in [3.8, 4) is 23.1 Å². The Hall–Kier alpha value is 0.120. The molecule has 2 aliphatic rings. The lowest BCUT2D eigenvalue weighted by molar-refractivity contribution is 0.466. The molecule has 1 heterocycles. The average molecular weight is 741 g/mol. The van der Waals surface area contributed by atoms with Crippen LogP contribution in [-0.2, 0) is 0 Å². The predicted molar refractivity (Wildman–Crippen MR) is 116 cm³/mol. The maximum Gasteiger partial charge on any atom is 0.209 e. The minimum Gasteiger partial charge on any atom is -0.506 e. The van der Waals surface area contributed by atoms with Crippen molar-refractivity contribution in [3.05, 3.63) is 42.2 Å². The lowest BCUT2D eigenvalue weighted by Crippen LogP contribution is -2.12. The van der Waals surface area contributed by atoms with Crippen LogP contribution in [-0.4, -0.2) is 5.11 Å². The van der Waals surface area contributed by atoms with Gasteiger partial charge in [-0.3, -0.25) is 4.79 Å². The number of rotatable bonds is 0. The fraction of sp³-hybridized carbons (Fsp3) is 0. The van der Waals surface area contributed by atoms with Gasteiger partial charge in [-0.2, -0.15) is 5.26 Å². The van der Waals surface area contributed by atoms with E-state index in [4.69, 9.17) is 4.42 Å². The molecule has 0 fully saturated rings. The number of nitriles is 1. The van der Waals surface area contributed by atoms with Gasteiger partial charge < -0.3 is 9.52 Å². The van der Waals surface area contributed by atoms with Crippen LogP contribution in [0.25, 0.3) is 22.3 Å². The van der Waals surface area contributed by atoms with Gasteiger partial charge in [0.1, 0.15) is 15.4 Å². The zero-order valence-electron chi connectivity index (χ0n) is 10.4. The van der Waals surface area contributed by atoms with Gasteiger partial charge in [-0.05, 0) is 102 Å². The molecule has 0 radical (unpaired) electrons. The van der Waals surface area contributed by atoms with Crippen molar-refractivity contribution in [3.63, 3.8) is 0 Å². The van der Waals surface area contributed by atoms with E-state index in [9.17, 15) is 15.2 Å². The van der Waals surface area contributed by atoms with Gasteiger partial charge >= 0.3 is 0 Å². The Kier molecular flexibility index (Phi) is 4.78. The van der Waals surface area contributed by atoms with Crippen molar-refractivity contribution in [2.45, 2.75) is 0 Å². The largest absolute Gasteiger partial charge is 0.506 e. The minimum absolute atomic E-state index is 0.114.